The van der Waals surface area contributed by atoms with Crippen molar-refractivity contribution in [1.82, 2.24) is 4.90 Å². The van der Waals surface area contributed by atoms with Crippen molar-refractivity contribution in [2.24, 2.45) is 23.5 Å². The van der Waals surface area contributed by atoms with Gasteiger partial charge in [0.1, 0.15) is 11.5 Å². The number of benzene rings is 2. The Morgan fingerprint density at radius 1 is 1.17 bits per heavy atom. The highest BCUT2D eigenvalue weighted by molar-refractivity contribution is 8.00. The minimum atomic E-state index is -2.53. The maximum absolute atomic E-state index is 13.8. The number of nitrogens with two attached hydrogens (primary N) is 1. The third kappa shape index (κ3) is 6.76. The minimum Gasteiger partial charge on any atom is -0.508 e. The number of nitrogens with one attached hydrogen (secondary N) is 1. The van der Waals surface area contributed by atoms with E-state index >= 15 is 0 Å². The first-order valence-corrected chi connectivity index (χ1v) is 16.7. The molecule has 0 spiro atoms. The zero-order valence-corrected chi connectivity index (χ0v) is 29.5. The number of hydrogen-bond acceptors (Lipinski definition) is 10. The first-order valence-electron chi connectivity index (χ1n) is 15.9. The lowest BCUT2D eigenvalue weighted by molar-refractivity contribution is -0.155. The van der Waals surface area contributed by atoms with E-state index in [4.69, 9.17) is 5.73 Å². The van der Waals surface area contributed by atoms with Crippen LogP contribution in [-0.4, -0.2) is 88.2 Å². The average molecular weight is 667 g/mol. The zero-order valence-electron chi connectivity index (χ0n) is 28.7. The number of likely N-dealkylation sites (N-methyl/N-ethyl adjacent to an activating group) is 1. The molecule has 11 heteroatoms. The second-order valence-electron chi connectivity index (χ2n) is 14.2. The van der Waals surface area contributed by atoms with Gasteiger partial charge in [0.05, 0.1) is 18.2 Å². The molecule has 4 rings (SSSR count). The van der Waals surface area contributed by atoms with Crippen LogP contribution >= 0.6 is 11.8 Å². The average Bonchev–Trinajstić information content (AvgIpc) is 2.98. The van der Waals surface area contributed by atoms with Crippen LogP contribution in [-0.2, 0) is 22.6 Å². The van der Waals surface area contributed by atoms with Gasteiger partial charge in [-0.25, -0.2) is 0 Å². The molecule has 0 saturated heterocycles. The molecule has 0 aliphatic heterocycles. The van der Waals surface area contributed by atoms with Crippen LogP contribution in [0.15, 0.2) is 53.1 Å². The molecule has 0 bridgehead atoms. The van der Waals surface area contributed by atoms with Crippen molar-refractivity contribution >= 4 is 40.4 Å². The predicted octanol–water partition coefficient (Wildman–Crippen LogP) is 4.32. The Bertz CT molecular complexity index is 1600. The monoisotopic (exact) mass is 666 g/mol. The fourth-order valence-corrected chi connectivity index (χ4v) is 8.08. The van der Waals surface area contributed by atoms with Gasteiger partial charge < -0.3 is 41.3 Å². The number of Topliss-reactive ketones (excluding diaryl/α,β-unsaturated/α-hetero) is 1. The van der Waals surface area contributed by atoms with Gasteiger partial charge in [0.25, 0.3) is 0 Å². The van der Waals surface area contributed by atoms with E-state index in [1.807, 2.05) is 43.3 Å². The highest BCUT2D eigenvalue weighted by Crippen LogP contribution is 2.55. The minimum absolute atomic E-state index is 0.00739. The van der Waals surface area contributed by atoms with Gasteiger partial charge in [-0.1, -0.05) is 45.5 Å². The number of nitrogens with zero attached hydrogens (tertiary/aromatic N) is 2. The van der Waals surface area contributed by atoms with Gasteiger partial charge in [-0.3, -0.25) is 9.59 Å². The molecular weight excluding hydrogens is 616 g/mol. The lowest BCUT2D eigenvalue weighted by atomic mass is 9.60. The Kier molecular flexibility index (Phi) is 10.5. The summed E-state index contributed by atoms with van der Waals surface area (Å²) in [4.78, 5) is 30.7. The van der Waals surface area contributed by atoms with E-state index in [9.17, 15) is 30.0 Å². The Morgan fingerprint density at radius 3 is 2.36 bits per heavy atom. The summed E-state index contributed by atoms with van der Waals surface area (Å²) < 4.78 is 0.00739. The van der Waals surface area contributed by atoms with E-state index < -0.39 is 53.5 Å². The second-order valence-corrected chi connectivity index (χ2v) is 16.0. The fraction of sp³-hybridized carbons (Fsp3) is 0.500. The molecule has 0 heterocycles. The number of carbonyl (C=O) groups excluding carboxylic acids is 2. The molecule has 2 aromatic rings. The normalized spacial score (nSPS) is 22.4. The molecule has 7 N–H and O–H groups in total. The third-order valence-corrected chi connectivity index (χ3v) is 10.6. The molecule has 10 nitrogen and oxygen atoms in total. The summed E-state index contributed by atoms with van der Waals surface area (Å²) in [6.45, 7) is 12.1. The van der Waals surface area contributed by atoms with Gasteiger partial charge in [-0.2, -0.15) is 0 Å². The Hall–Kier alpha value is -3.51. The van der Waals surface area contributed by atoms with Gasteiger partial charge in [0.2, 0.25) is 5.91 Å². The molecule has 5 atom stereocenters. The maximum Gasteiger partial charge on any atom is 0.227 e. The molecule has 0 saturated carbocycles. The van der Waals surface area contributed by atoms with Crippen LogP contribution in [0, 0.1) is 17.8 Å². The second kappa shape index (κ2) is 13.5. The highest BCUT2D eigenvalue weighted by Gasteiger charge is 2.58. The van der Waals surface area contributed by atoms with E-state index in [1.54, 1.807) is 30.8 Å². The number of thioether (sulfide) groups is 1. The molecule has 1 amide bonds. The standard InChI is InChI=1S/C36H50N4O6S/c1-19-29-22(15-24(27(18-41)40(8)9)36(46,33(29)44)32(43)20(2)34(37)45)14-23-26(39(6)7)16-25(31(42)30(19)23)38-17-21-12-10-11-13-28(21)47-35(3,4)5/h10-13,16,20,22,24,27,38,41-42,44,46H,1,14-15,17-18H2,2-9H3,(H2,37,45)/t20?,22-,24-,27+,36-/m0/s1. The third-order valence-electron chi connectivity index (χ3n) is 9.41. The number of phenolic OH excluding ortho intramolecular Hbond substituents is 1. The number of rotatable bonds is 11. The number of amides is 1. The molecule has 0 aromatic heterocycles. The van der Waals surface area contributed by atoms with Crippen molar-refractivity contribution in [3.05, 3.63) is 64.9 Å². The van der Waals surface area contributed by atoms with Crippen molar-refractivity contribution in [1.29, 1.82) is 0 Å². The number of primary amides is 1. The predicted molar refractivity (Wildman–Crippen MR) is 189 cm³/mol. The number of anilines is 2. The van der Waals surface area contributed by atoms with Gasteiger partial charge in [0.15, 0.2) is 11.4 Å². The van der Waals surface area contributed by atoms with Crippen LogP contribution in [0.3, 0.4) is 0 Å². The van der Waals surface area contributed by atoms with Crippen LogP contribution in [0.4, 0.5) is 11.4 Å². The van der Waals surface area contributed by atoms with Gasteiger partial charge in [0, 0.05) is 59.1 Å². The summed E-state index contributed by atoms with van der Waals surface area (Å²) in [7, 11) is 7.26. The zero-order chi connectivity index (χ0) is 35.2. The number of aliphatic hydroxyl groups is 3. The van der Waals surface area contributed by atoms with Crippen molar-refractivity contribution in [2.45, 2.75) is 68.4 Å². The van der Waals surface area contributed by atoms with Crippen LogP contribution in [0.1, 0.15) is 50.8 Å². The maximum atomic E-state index is 13.8. The number of aromatic hydroxyl groups is 1. The van der Waals surface area contributed by atoms with Crippen molar-refractivity contribution in [3.8, 4) is 5.75 Å². The fourth-order valence-electron chi connectivity index (χ4n) is 7.00. The largest absolute Gasteiger partial charge is 0.508 e. The number of hydrogen-bond donors (Lipinski definition) is 6. The van der Waals surface area contributed by atoms with E-state index in [2.05, 4.69) is 38.7 Å². The summed E-state index contributed by atoms with van der Waals surface area (Å²) in [5.41, 5.74) is 7.11. The Morgan fingerprint density at radius 2 is 1.81 bits per heavy atom. The summed E-state index contributed by atoms with van der Waals surface area (Å²) >= 11 is 1.76. The van der Waals surface area contributed by atoms with Crippen LogP contribution in [0.25, 0.3) is 5.57 Å². The van der Waals surface area contributed by atoms with Crippen LogP contribution < -0.4 is 16.0 Å². The molecule has 256 valence electrons. The van der Waals surface area contributed by atoms with E-state index in [0.29, 0.717) is 24.2 Å². The Labute approximate surface area is 282 Å². The molecular formula is C36H50N4O6S. The number of phenols is 1. The lowest BCUT2D eigenvalue weighted by Crippen LogP contribution is -2.61. The molecule has 1 unspecified atom stereocenters. The smallest absolute Gasteiger partial charge is 0.227 e. The van der Waals surface area contributed by atoms with Gasteiger partial charge >= 0.3 is 0 Å². The number of carbonyl (C=O) groups is 2. The first-order chi connectivity index (χ1) is 21.8. The van der Waals surface area contributed by atoms with E-state index in [1.165, 1.54) is 6.92 Å². The van der Waals surface area contributed by atoms with Gasteiger partial charge in [-0.15, -0.1) is 11.8 Å². The molecule has 47 heavy (non-hydrogen) atoms. The Balaban J connectivity index is 1.86. The van der Waals surface area contributed by atoms with Crippen molar-refractivity contribution < 1.29 is 30.0 Å². The van der Waals surface area contributed by atoms with E-state index in [0.717, 1.165) is 21.7 Å². The van der Waals surface area contributed by atoms with Crippen molar-refractivity contribution in [3.63, 3.8) is 0 Å². The summed E-state index contributed by atoms with van der Waals surface area (Å²) in [6.07, 6.45) is 0.572. The molecule has 0 radical (unpaired) electrons. The molecule has 2 aromatic carbocycles. The lowest BCUT2D eigenvalue weighted by Gasteiger charge is -2.49. The van der Waals surface area contributed by atoms with E-state index in [-0.39, 0.29) is 28.1 Å². The highest BCUT2D eigenvalue weighted by atomic mass is 32.2. The van der Waals surface area contributed by atoms with Gasteiger partial charge in [-0.05, 0) is 68.6 Å². The quantitative estimate of drug-likeness (QED) is 0.116. The van der Waals surface area contributed by atoms with Crippen LogP contribution in [0.2, 0.25) is 0 Å². The summed E-state index contributed by atoms with van der Waals surface area (Å²) in [5.74, 6) is -5.34. The molecule has 0 fully saturated rings. The molecule has 2 aliphatic carbocycles. The summed E-state index contributed by atoms with van der Waals surface area (Å²) in [6, 6.07) is 9.29. The topological polar surface area (TPSA) is 160 Å². The number of allylic oxidation sites excluding steroid dienone is 2. The first kappa shape index (κ1) is 36.3. The summed E-state index contributed by atoms with van der Waals surface area (Å²) in [5, 5.41) is 49.7. The molecule has 2 aliphatic rings. The number of ketones is 1. The van der Waals surface area contributed by atoms with Crippen molar-refractivity contribution in [2.75, 3.05) is 45.0 Å². The SMILES string of the molecule is C=C1C2=C(O)[C@@](O)(C(=O)C(C)C(N)=O)[C@H]([C@@H](CO)N(C)C)C[C@@H]2Cc2c(N(C)C)cc(NCc3ccccc3SC(C)(C)C)c(O)c21. The number of aliphatic hydroxyl groups excluding tert-OH is 2. The number of fused-ring (bicyclic) bond motifs is 2. The van der Waals surface area contributed by atoms with Crippen LogP contribution in [0.5, 0.6) is 5.75 Å².